The summed E-state index contributed by atoms with van der Waals surface area (Å²) in [6.45, 7) is 2.11. The largest absolute Gasteiger partial charge is 0.389 e. The van der Waals surface area contributed by atoms with Crippen molar-refractivity contribution in [3.8, 4) is 0 Å². The molecule has 25 heavy (non-hydrogen) atoms. The minimum Gasteiger partial charge on any atom is -0.389 e. The van der Waals surface area contributed by atoms with Crippen molar-refractivity contribution in [3.63, 3.8) is 0 Å². The van der Waals surface area contributed by atoms with Gasteiger partial charge in [-0.15, -0.1) is 11.8 Å². The summed E-state index contributed by atoms with van der Waals surface area (Å²) in [4.78, 5) is 27.0. The van der Waals surface area contributed by atoms with Crippen LogP contribution in [-0.2, 0) is 16.1 Å². The van der Waals surface area contributed by atoms with E-state index in [1.165, 1.54) is 16.7 Å². The maximum atomic E-state index is 12.3. The van der Waals surface area contributed by atoms with Gasteiger partial charge >= 0.3 is 0 Å². The number of carbonyl (C=O) groups excluding carboxylic acids is 2. The van der Waals surface area contributed by atoms with E-state index in [9.17, 15) is 14.7 Å². The van der Waals surface area contributed by atoms with Crippen LogP contribution in [0.4, 0.5) is 5.69 Å². The quantitative estimate of drug-likeness (QED) is 0.864. The molecule has 0 bridgehead atoms. The number of hydrogen-bond donors (Lipinski definition) is 2. The van der Waals surface area contributed by atoms with Crippen LogP contribution in [0.5, 0.6) is 0 Å². The zero-order valence-corrected chi connectivity index (χ0v) is 14.8. The fraction of sp³-hybridized carbons (Fsp3) is 0.263. The van der Waals surface area contributed by atoms with E-state index in [0.29, 0.717) is 12.3 Å². The second-order valence-corrected chi connectivity index (χ2v) is 6.95. The summed E-state index contributed by atoms with van der Waals surface area (Å²) in [5, 5.41) is 12.4. The molecule has 0 unspecified atom stereocenters. The van der Waals surface area contributed by atoms with Gasteiger partial charge in [0.05, 0.1) is 17.5 Å². The minimum atomic E-state index is -0.508. The van der Waals surface area contributed by atoms with Gasteiger partial charge in [0.25, 0.3) is 0 Å². The van der Waals surface area contributed by atoms with Crippen molar-refractivity contribution in [2.75, 3.05) is 17.2 Å². The maximum Gasteiger partial charge on any atom is 0.240 e. The van der Waals surface area contributed by atoms with Crippen LogP contribution in [0.15, 0.2) is 53.4 Å². The predicted octanol–water partition coefficient (Wildman–Crippen LogP) is 2.50. The van der Waals surface area contributed by atoms with E-state index in [-0.39, 0.29) is 18.4 Å². The lowest BCUT2D eigenvalue weighted by Crippen LogP contribution is -2.43. The number of carbonyl (C=O) groups is 2. The first-order chi connectivity index (χ1) is 12.0. The van der Waals surface area contributed by atoms with Gasteiger partial charge in [-0.3, -0.25) is 9.59 Å². The van der Waals surface area contributed by atoms with Gasteiger partial charge in [0.2, 0.25) is 11.8 Å². The first kappa shape index (κ1) is 17.5. The van der Waals surface area contributed by atoms with Crippen molar-refractivity contribution in [1.82, 2.24) is 5.32 Å². The zero-order valence-electron chi connectivity index (χ0n) is 13.9. The number of nitrogens with one attached hydrogen (secondary N) is 1. The van der Waals surface area contributed by atoms with E-state index in [2.05, 4.69) is 5.32 Å². The van der Waals surface area contributed by atoms with Crippen molar-refractivity contribution in [2.45, 2.75) is 24.5 Å². The average Bonchev–Trinajstić information content (AvgIpc) is 2.63. The Balaban J connectivity index is 1.60. The normalized spacial score (nSPS) is 14.8. The van der Waals surface area contributed by atoms with Crippen LogP contribution in [0.2, 0.25) is 0 Å². The van der Waals surface area contributed by atoms with Crippen molar-refractivity contribution < 1.29 is 14.7 Å². The van der Waals surface area contributed by atoms with E-state index in [0.717, 1.165) is 21.7 Å². The average molecular weight is 356 g/mol. The summed E-state index contributed by atoms with van der Waals surface area (Å²) in [5.74, 6) is 0.0975. The van der Waals surface area contributed by atoms with Gasteiger partial charge in [0.15, 0.2) is 0 Å². The summed E-state index contributed by atoms with van der Waals surface area (Å²) in [5.41, 5.74) is 2.57. The van der Waals surface area contributed by atoms with Crippen LogP contribution < -0.4 is 10.2 Å². The predicted molar refractivity (Wildman–Crippen MR) is 98.4 cm³/mol. The molecule has 2 N–H and O–H groups in total. The molecule has 2 aromatic rings. The first-order valence-corrected chi connectivity index (χ1v) is 9.09. The topological polar surface area (TPSA) is 69.6 Å². The lowest BCUT2D eigenvalue weighted by molar-refractivity contribution is -0.123. The molecule has 0 fully saturated rings. The van der Waals surface area contributed by atoms with Crippen LogP contribution in [0.1, 0.15) is 24.2 Å². The summed E-state index contributed by atoms with van der Waals surface area (Å²) in [6.07, 6.45) is -0.508. The Bertz CT molecular complexity index is 774. The van der Waals surface area contributed by atoms with Crippen molar-refractivity contribution in [1.29, 1.82) is 0 Å². The summed E-state index contributed by atoms with van der Waals surface area (Å²) >= 11 is 1.50. The molecule has 0 aromatic heterocycles. The van der Waals surface area contributed by atoms with E-state index in [1.807, 2.05) is 48.5 Å². The number of rotatable bonds is 5. The third-order valence-corrected chi connectivity index (χ3v) is 5.11. The molecule has 1 heterocycles. The maximum absolute atomic E-state index is 12.3. The van der Waals surface area contributed by atoms with Crippen molar-refractivity contribution in [3.05, 3.63) is 59.7 Å². The highest BCUT2D eigenvalue weighted by atomic mass is 32.2. The number of anilines is 1. The number of hydrogen-bond acceptors (Lipinski definition) is 4. The number of para-hydroxylation sites is 1. The molecular weight excluding hydrogens is 336 g/mol. The molecule has 1 atom stereocenters. The molecule has 5 nitrogen and oxygen atoms in total. The molecule has 0 saturated carbocycles. The Morgan fingerprint density at radius 3 is 2.68 bits per heavy atom. The van der Waals surface area contributed by atoms with Gasteiger partial charge in [-0.25, -0.2) is 0 Å². The van der Waals surface area contributed by atoms with Gasteiger partial charge in [0, 0.05) is 11.4 Å². The fourth-order valence-electron chi connectivity index (χ4n) is 2.64. The van der Waals surface area contributed by atoms with E-state index < -0.39 is 6.10 Å². The molecule has 2 aromatic carbocycles. The Morgan fingerprint density at radius 2 is 1.96 bits per heavy atom. The van der Waals surface area contributed by atoms with Gasteiger partial charge in [-0.2, -0.15) is 0 Å². The number of benzene rings is 2. The van der Waals surface area contributed by atoms with Gasteiger partial charge < -0.3 is 15.3 Å². The summed E-state index contributed by atoms with van der Waals surface area (Å²) < 4.78 is 0. The number of thioether (sulfide) groups is 1. The highest BCUT2D eigenvalue weighted by molar-refractivity contribution is 8.00. The van der Waals surface area contributed by atoms with Crippen LogP contribution in [-0.4, -0.2) is 29.2 Å². The smallest absolute Gasteiger partial charge is 0.240 e. The molecular formula is C19H20N2O3S. The molecule has 1 aliphatic rings. The Morgan fingerprint density at radius 1 is 1.24 bits per heavy atom. The number of fused-ring (bicyclic) bond motifs is 1. The van der Waals surface area contributed by atoms with Gasteiger partial charge in [-0.1, -0.05) is 36.4 Å². The second kappa shape index (κ2) is 7.72. The third-order valence-electron chi connectivity index (χ3n) is 4.06. The second-order valence-electron chi connectivity index (χ2n) is 5.93. The van der Waals surface area contributed by atoms with Gasteiger partial charge in [-0.05, 0) is 30.2 Å². The van der Waals surface area contributed by atoms with E-state index >= 15 is 0 Å². The molecule has 1 aliphatic heterocycles. The monoisotopic (exact) mass is 356 g/mol. The molecule has 0 aliphatic carbocycles. The molecule has 0 spiro atoms. The molecule has 130 valence electrons. The molecule has 3 rings (SSSR count). The number of amides is 2. The summed E-state index contributed by atoms with van der Waals surface area (Å²) in [6, 6.07) is 15.0. The summed E-state index contributed by atoms with van der Waals surface area (Å²) in [7, 11) is 0. The van der Waals surface area contributed by atoms with Crippen LogP contribution in [0, 0.1) is 0 Å². The minimum absolute atomic E-state index is 0.0160. The number of aliphatic hydroxyl groups is 1. The fourth-order valence-corrected chi connectivity index (χ4v) is 3.58. The lowest BCUT2D eigenvalue weighted by Gasteiger charge is -2.28. The standard InChI is InChI=1S/C19H20N2O3S/c1-13(22)15-8-6-14(7-9-15)10-20-18(23)11-21-16-4-2-3-5-17(16)25-12-19(21)24/h2-9,13,22H,10-12H2,1H3,(H,20,23)/t13-/m1/s1. The van der Waals surface area contributed by atoms with Crippen molar-refractivity contribution in [2.24, 2.45) is 0 Å². The SMILES string of the molecule is C[C@@H](O)c1ccc(CNC(=O)CN2C(=O)CSc3ccccc32)cc1. The Hall–Kier alpha value is -2.31. The number of nitrogens with zero attached hydrogens (tertiary/aromatic N) is 1. The van der Waals surface area contributed by atoms with Gasteiger partial charge in [0.1, 0.15) is 6.54 Å². The Labute approximate surface area is 151 Å². The van der Waals surface area contributed by atoms with Crippen LogP contribution >= 0.6 is 11.8 Å². The highest BCUT2D eigenvalue weighted by Gasteiger charge is 2.25. The lowest BCUT2D eigenvalue weighted by atomic mass is 10.1. The van der Waals surface area contributed by atoms with Crippen LogP contribution in [0.25, 0.3) is 0 Å². The first-order valence-electron chi connectivity index (χ1n) is 8.10. The zero-order chi connectivity index (χ0) is 17.8. The van der Waals surface area contributed by atoms with E-state index in [4.69, 9.17) is 0 Å². The Kier molecular flexibility index (Phi) is 5.40. The molecule has 2 amide bonds. The van der Waals surface area contributed by atoms with Crippen molar-refractivity contribution >= 4 is 29.3 Å². The third kappa shape index (κ3) is 4.21. The molecule has 0 radical (unpaired) electrons. The molecule has 0 saturated heterocycles. The van der Waals surface area contributed by atoms with Crippen LogP contribution in [0.3, 0.4) is 0 Å². The highest BCUT2D eigenvalue weighted by Crippen LogP contribution is 2.34. The number of aliphatic hydroxyl groups excluding tert-OH is 1. The van der Waals surface area contributed by atoms with E-state index in [1.54, 1.807) is 6.92 Å². The molecule has 6 heteroatoms.